The molecule has 1 heterocycles. The van der Waals surface area contributed by atoms with Crippen LogP contribution in [0.25, 0.3) is 0 Å². The van der Waals surface area contributed by atoms with Crippen LogP contribution in [0.3, 0.4) is 0 Å². The minimum absolute atomic E-state index is 0.0635. The van der Waals surface area contributed by atoms with E-state index < -0.39 is 10.0 Å². The zero-order chi connectivity index (χ0) is 14.5. The Morgan fingerprint density at radius 3 is 2.63 bits per heavy atom. The number of amides is 1. The number of hydrogen-bond acceptors (Lipinski definition) is 5. The average Bonchev–Trinajstić information content (AvgIpc) is 2.84. The van der Waals surface area contributed by atoms with Crippen molar-refractivity contribution in [1.82, 2.24) is 14.9 Å². The molecule has 0 aliphatic carbocycles. The highest BCUT2D eigenvalue weighted by Gasteiger charge is 2.25. The summed E-state index contributed by atoms with van der Waals surface area (Å²) in [5.74, 6) is -0.341. The second kappa shape index (κ2) is 6.99. The number of rotatable bonds is 7. The van der Waals surface area contributed by atoms with E-state index in [0.29, 0.717) is 6.54 Å². The standard InChI is InChI=1S/C11H19N3O3S2/c1-12-6-4-7-13-11(15)10-9(5-8-18-10)19(16,17)14(2)3/h5,8,12H,4,6-7H2,1-3H3,(H,13,15). The van der Waals surface area contributed by atoms with E-state index in [1.807, 2.05) is 7.05 Å². The lowest BCUT2D eigenvalue weighted by molar-refractivity contribution is 0.0954. The van der Waals surface area contributed by atoms with Crippen molar-refractivity contribution in [2.45, 2.75) is 11.3 Å². The maximum atomic E-state index is 12.0. The molecule has 0 atom stereocenters. The van der Waals surface area contributed by atoms with Crippen molar-refractivity contribution < 1.29 is 13.2 Å². The van der Waals surface area contributed by atoms with Crippen LogP contribution < -0.4 is 10.6 Å². The van der Waals surface area contributed by atoms with Crippen LogP contribution in [0.4, 0.5) is 0 Å². The van der Waals surface area contributed by atoms with Gasteiger partial charge >= 0.3 is 0 Å². The predicted molar refractivity (Wildman–Crippen MR) is 76.1 cm³/mol. The van der Waals surface area contributed by atoms with Crippen LogP contribution in [-0.2, 0) is 10.0 Å². The van der Waals surface area contributed by atoms with Gasteiger partial charge in [0.2, 0.25) is 10.0 Å². The Morgan fingerprint density at radius 1 is 1.37 bits per heavy atom. The first-order valence-electron chi connectivity index (χ1n) is 5.84. The summed E-state index contributed by atoms with van der Waals surface area (Å²) in [6.45, 7) is 1.31. The normalized spacial score (nSPS) is 11.8. The quantitative estimate of drug-likeness (QED) is 0.712. The molecule has 8 heteroatoms. The molecule has 0 aromatic carbocycles. The van der Waals surface area contributed by atoms with Crippen molar-refractivity contribution in [3.8, 4) is 0 Å². The Labute approximate surface area is 117 Å². The highest BCUT2D eigenvalue weighted by molar-refractivity contribution is 7.89. The van der Waals surface area contributed by atoms with Gasteiger partial charge in [-0.2, -0.15) is 0 Å². The Kier molecular flexibility index (Phi) is 5.92. The molecule has 0 saturated heterocycles. The molecule has 1 aromatic heterocycles. The fourth-order valence-electron chi connectivity index (χ4n) is 1.41. The fourth-order valence-corrected chi connectivity index (χ4v) is 3.62. The SMILES string of the molecule is CNCCCNC(=O)c1sccc1S(=O)(=O)N(C)C. The van der Waals surface area contributed by atoms with Crippen LogP contribution in [0.2, 0.25) is 0 Å². The number of hydrogen-bond donors (Lipinski definition) is 2. The van der Waals surface area contributed by atoms with Crippen molar-refractivity contribution >= 4 is 27.3 Å². The van der Waals surface area contributed by atoms with Crippen LogP contribution in [0.15, 0.2) is 16.3 Å². The van der Waals surface area contributed by atoms with Gasteiger partial charge in [-0.05, 0) is 31.5 Å². The number of nitrogens with zero attached hydrogens (tertiary/aromatic N) is 1. The molecule has 19 heavy (non-hydrogen) atoms. The van der Waals surface area contributed by atoms with Gasteiger partial charge in [-0.3, -0.25) is 4.79 Å². The first kappa shape index (κ1) is 16.1. The summed E-state index contributed by atoms with van der Waals surface area (Å²) in [4.78, 5) is 12.3. The number of sulfonamides is 1. The molecule has 0 radical (unpaired) electrons. The third-order valence-corrected chi connectivity index (χ3v) is 5.38. The molecule has 2 N–H and O–H groups in total. The van der Waals surface area contributed by atoms with E-state index in [9.17, 15) is 13.2 Å². The average molecular weight is 305 g/mol. The summed E-state index contributed by atoms with van der Waals surface area (Å²) < 4.78 is 25.2. The molecule has 1 amide bonds. The summed E-state index contributed by atoms with van der Waals surface area (Å²) in [6, 6.07) is 1.46. The Bertz CT molecular complexity index is 523. The predicted octanol–water partition coefficient (Wildman–Crippen LogP) is 0.338. The Hall–Kier alpha value is -0.960. The van der Waals surface area contributed by atoms with E-state index in [1.54, 1.807) is 5.38 Å². The lowest BCUT2D eigenvalue weighted by atomic mass is 10.4. The zero-order valence-corrected chi connectivity index (χ0v) is 12.9. The highest BCUT2D eigenvalue weighted by atomic mass is 32.2. The smallest absolute Gasteiger partial charge is 0.262 e. The topological polar surface area (TPSA) is 78.5 Å². The summed E-state index contributed by atoms with van der Waals surface area (Å²) >= 11 is 1.13. The molecule has 6 nitrogen and oxygen atoms in total. The molecule has 0 unspecified atom stereocenters. The van der Waals surface area contributed by atoms with E-state index in [2.05, 4.69) is 10.6 Å². The van der Waals surface area contributed by atoms with E-state index >= 15 is 0 Å². The number of nitrogens with one attached hydrogen (secondary N) is 2. The number of carbonyl (C=O) groups is 1. The van der Waals surface area contributed by atoms with Gasteiger partial charge in [0, 0.05) is 20.6 Å². The molecule has 0 aliphatic rings. The van der Waals surface area contributed by atoms with E-state index in [1.165, 1.54) is 20.2 Å². The third-order valence-electron chi connectivity index (χ3n) is 2.48. The second-order valence-electron chi connectivity index (χ2n) is 4.11. The molecule has 0 bridgehead atoms. The van der Waals surface area contributed by atoms with Crippen molar-refractivity contribution in [3.63, 3.8) is 0 Å². The number of carbonyl (C=O) groups excluding carboxylic acids is 1. The zero-order valence-electron chi connectivity index (χ0n) is 11.3. The van der Waals surface area contributed by atoms with Gasteiger partial charge in [0.05, 0.1) is 0 Å². The van der Waals surface area contributed by atoms with Crippen molar-refractivity contribution in [1.29, 1.82) is 0 Å². The lowest BCUT2D eigenvalue weighted by Gasteiger charge is -2.11. The maximum absolute atomic E-state index is 12.0. The minimum Gasteiger partial charge on any atom is -0.351 e. The Balaban J connectivity index is 2.81. The maximum Gasteiger partial charge on any atom is 0.262 e. The summed E-state index contributed by atoms with van der Waals surface area (Å²) in [5.41, 5.74) is 0. The first-order chi connectivity index (χ1) is 8.91. The van der Waals surface area contributed by atoms with Crippen LogP contribution >= 0.6 is 11.3 Å². The molecule has 0 spiro atoms. The van der Waals surface area contributed by atoms with Crippen molar-refractivity contribution in [2.75, 3.05) is 34.2 Å². The van der Waals surface area contributed by atoms with Gasteiger partial charge in [0.1, 0.15) is 9.77 Å². The van der Waals surface area contributed by atoms with Gasteiger partial charge in [-0.1, -0.05) is 0 Å². The van der Waals surface area contributed by atoms with Gasteiger partial charge in [0.25, 0.3) is 5.91 Å². The minimum atomic E-state index is -3.57. The van der Waals surface area contributed by atoms with Crippen molar-refractivity contribution in [2.24, 2.45) is 0 Å². The molecular formula is C11H19N3O3S2. The summed E-state index contributed by atoms with van der Waals surface area (Å²) in [6.07, 6.45) is 0.795. The Morgan fingerprint density at radius 2 is 2.05 bits per heavy atom. The highest BCUT2D eigenvalue weighted by Crippen LogP contribution is 2.23. The molecule has 0 fully saturated rings. The van der Waals surface area contributed by atoms with Crippen LogP contribution in [0.5, 0.6) is 0 Å². The fraction of sp³-hybridized carbons (Fsp3) is 0.545. The van der Waals surface area contributed by atoms with Crippen LogP contribution in [0, 0.1) is 0 Å². The van der Waals surface area contributed by atoms with Crippen molar-refractivity contribution in [3.05, 3.63) is 16.3 Å². The number of thiophene rings is 1. The largest absolute Gasteiger partial charge is 0.351 e. The van der Waals surface area contributed by atoms with E-state index in [0.717, 1.165) is 28.6 Å². The van der Waals surface area contributed by atoms with Crippen LogP contribution in [0.1, 0.15) is 16.1 Å². The second-order valence-corrected chi connectivity index (χ2v) is 7.15. The third kappa shape index (κ3) is 4.00. The summed E-state index contributed by atoms with van der Waals surface area (Å²) in [7, 11) is 1.15. The first-order valence-corrected chi connectivity index (χ1v) is 8.16. The molecule has 1 rings (SSSR count). The van der Waals surface area contributed by atoms with Gasteiger partial charge in [-0.15, -0.1) is 11.3 Å². The monoisotopic (exact) mass is 305 g/mol. The molecule has 1 aromatic rings. The van der Waals surface area contributed by atoms with Gasteiger partial charge in [0.15, 0.2) is 0 Å². The molecule has 108 valence electrons. The lowest BCUT2D eigenvalue weighted by Crippen LogP contribution is -2.29. The van der Waals surface area contributed by atoms with E-state index in [4.69, 9.17) is 0 Å². The van der Waals surface area contributed by atoms with E-state index in [-0.39, 0.29) is 15.7 Å². The summed E-state index contributed by atoms with van der Waals surface area (Å²) in [5, 5.41) is 7.31. The van der Waals surface area contributed by atoms with Crippen LogP contribution in [-0.4, -0.2) is 52.9 Å². The molecule has 0 saturated carbocycles. The van der Waals surface area contributed by atoms with Gasteiger partial charge < -0.3 is 10.6 Å². The molecule has 0 aliphatic heterocycles. The van der Waals surface area contributed by atoms with Gasteiger partial charge in [-0.25, -0.2) is 12.7 Å². The molecular weight excluding hydrogens is 286 g/mol.